The summed E-state index contributed by atoms with van der Waals surface area (Å²) in [4.78, 5) is 20.5. The molecule has 194 valence electrons. The molecule has 3 aliphatic heterocycles. The standard InChI is InChI=1S/C28H26FN5O4/c29-21-4-1-3-18-15-36-9-2-10-37-25-11-17(27-20-12-22(26(18)21)30-13-23(20)31-32-27)5-6-24(25)33-7-8-34-19(14-33)16-38-28(34)35/h1,3-6,11-13,19H,2,7-10,14-16H2,(H,31,32). The van der Waals surface area contributed by atoms with E-state index in [-0.39, 0.29) is 24.6 Å². The van der Waals surface area contributed by atoms with Gasteiger partial charge < -0.3 is 19.1 Å². The van der Waals surface area contributed by atoms with Gasteiger partial charge in [-0.1, -0.05) is 18.2 Å². The van der Waals surface area contributed by atoms with Crippen LogP contribution in [0.1, 0.15) is 12.0 Å². The molecule has 1 N–H and O–H groups in total. The van der Waals surface area contributed by atoms with Crippen LogP contribution in [0.2, 0.25) is 0 Å². The monoisotopic (exact) mass is 515 g/mol. The largest absolute Gasteiger partial charge is 0.491 e. The summed E-state index contributed by atoms with van der Waals surface area (Å²) in [7, 11) is 0. The molecule has 7 rings (SSSR count). The first kappa shape index (κ1) is 23.0. The lowest BCUT2D eigenvalue weighted by Crippen LogP contribution is -2.52. The zero-order valence-corrected chi connectivity index (χ0v) is 20.7. The van der Waals surface area contributed by atoms with Crippen molar-refractivity contribution in [3.8, 4) is 28.3 Å². The molecule has 4 bridgehead atoms. The number of pyridine rings is 1. The number of ether oxygens (including phenoxy) is 3. The molecular formula is C28H26FN5O4. The lowest BCUT2D eigenvalue weighted by Gasteiger charge is -2.37. The van der Waals surface area contributed by atoms with Crippen molar-refractivity contribution in [3.63, 3.8) is 0 Å². The highest BCUT2D eigenvalue weighted by Crippen LogP contribution is 2.38. The number of fused-ring (bicyclic) bond motifs is 7. The Morgan fingerprint density at radius 2 is 2.03 bits per heavy atom. The lowest BCUT2D eigenvalue weighted by atomic mass is 10.0. The van der Waals surface area contributed by atoms with Gasteiger partial charge in [0.25, 0.3) is 0 Å². The van der Waals surface area contributed by atoms with Gasteiger partial charge in [-0.25, -0.2) is 9.18 Å². The van der Waals surface area contributed by atoms with E-state index in [1.165, 1.54) is 6.07 Å². The number of piperazine rings is 1. The number of cyclic esters (lactones) is 1. The molecular weight excluding hydrogens is 489 g/mol. The number of nitrogens with zero attached hydrogens (tertiary/aromatic N) is 4. The van der Waals surface area contributed by atoms with Crippen LogP contribution in [0.3, 0.4) is 0 Å². The molecule has 1 atom stereocenters. The van der Waals surface area contributed by atoms with Crippen LogP contribution in [-0.2, 0) is 16.1 Å². The Morgan fingerprint density at radius 1 is 1.08 bits per heavy atom. The summed E-state index contributed by atoms with van der Waals surface area (Å²) in [6, 6.07) is 13.0. The number of anilines is 1. The van der Waals surface area contributed by atoms with Gasteiger partial charge in [-0.05, 0) is 29.8 Å². The summed E-state index contributed by atoms with van der Waals surface area (Å²) in [6.07, 6.45) is 2.12. The number of hydrogen-bond acceptors (Lipinski definition) is 7. The fourth-order valence-corrected chi connectivity index (χ4v) is 5.52. The highest BCUT2D eigenvalue weighted by atomic mass is 19.1. The molecule has 38 heavy (non-hydrogen) atoms. The highest BCUT2D eigenvalue weighted by Gasteiger charge is 2.38. The van der Waals surface area contributed by atoms with Gasteiger partial charge in [0.15, 0.2) is 0 Å². The molecule has 1 unspecified atom stereocenters. The Hall–Kier alpha value is -4.18. The molecule has 0 aliphatic carbocycles. The molecule has 10 heteroatoms. The molecule has 0 saturated carbocycles. The number of benzene rings is 2. The van der Waals surface area contributed by atoms with E-state index in [9.17, 15) is 4.79 Å². The molecule has 0 radical (unpaired) electrons. The maximum absolute atomic E-state index is 15.0. The SMILES string of the molecule is O=C1OCC2CN(c3ccc4cc3OCCCOCc3cccc(F)c3-c3cc5c-4n[nH]c5cn3)CCN12. The van der Waals surface area contributed by atoms with Crippen LogP contribution in [0.15, 0.2) is 48.7 Å². The van der Waals surface area contributed by atoms with Crippen LogP contribution >= 0.6 is 0 Å². The summed E-state index contributed by atoms with van der Waals surface area (Å²) >= 11 is 0. The Kier molecular flexibility index (Phi) is 5.61. The summed E-state index contributed by atoms with van der Waals surface area (Å²) in [5.41, 5.74) is 5.07. The number of halogens is 1. The van der Waals surface area contributed by atoms with Crippen LogP contribution in [0.5, 0.6) is 5.75 Å². The Bertz CT molecular complexity index is 1540. The number of carbonyl (C=O) groups is 1. The van der Waals surface area contributed by atoms with Crippen molar-refractivity contribution in [2.24, 2.45) is 0 Å². The number of hydrogen-bond donors (Lipinski definition) is 1. The van der Waals surface area contributed by atoms with Crippen molar-refractivity contribution in [1.82, 2.24) is 20.1 Å². The number of H-pyrrole nitrogens is 1. The normalized spacial score (nSPS) is 19.4. The third-order valence-electron chi connectivity index (χ3n) is 7.44. The summed E-state index contributed by atoms with van der Waals surface area (Å²) < 4.78 is 32.5. The van der Waals surface area contributed by atoms with E-state index in [2.05, 4.69) is 20.1 Å². The number of amides is 1. The van der Waals surface area contributed by atoms with E-state index in [4.69, 9.17) is 14.2 Å². The molecule has 2 aromatic carbocycles. The first-order valence-corrected chi connectivity index (χ1v) is 12.8. The minimum absolute atomic E-state index is 0.0296. The maximum Gasteiger partial charge on any atom is 0.410 e. The van der Waals surface area contributed by atoms with Gasteiger partial charge in [0.2, 0.25) is 0 Å². The van der Waals surface area contributed by atoms with Crippen LogP contribution < -0.4 is 9.64 Å². The number of aromatic nitrogens is 3. The van der Waals surface area contributed by atoms with Gasteiger partial charge >= 0.3 is 6.09 Å². The Balaban J connectivity index is 1.31. The van der Waals surface area contributed by atoms with Crippen molar-refractivity contribution < 1.29 is 23.4 Å². The summed E-state index contributed by atoms with van der Waals surface area (Å²) in [6.45, 7) is 3.58. The van der Waals surface area contributed by atoms with Crippen molar-refractivity contribution in [2.75, 3.05) is 44.4 Å². The second-order valence-electron chi connectivity index (χ2n) is 9.77. The van der Waals surface area contributed by atoms with E-state index < -0.39 is 0 Å². The van der Waals surface area contributed by atoms with Crippen molar-refractivity contribution in [3.05, 3.63) is 60.0 Å². The van der Waals surface area contributed by atoms with Crippen LogP contribution in [0.4, 0.5) is 14.9 Å². The molecule has 1 amide bonds. The van der Waals surface area contributed by atoms with Gasteiger partial charge in [-0.3, -0.25) is 15.0 Å². The van der Waals surface area contributed by atoms with Crippen molar-refractivity contribution >= 4 is 22.7 Å². The molecule has 5 heterocycles. The molecule has 4 aromatic rings. The van der Waals surface area contributed by atoms with Gasteiger partial charge in [0.05, 0.1) is 49.0 Å². The molecule has 0 spiro atoms. The summed E-state index contributed by atoms with van der Waals surface area (Å²) in [5, 5.41) is 8.48. The van der Waals surface area contributed by atoms with Gasteiger partial charge in [-0.2, -0.15) is 5.10 Å². The molecule has 2 saturated heterocycles. The topological polar surface area (TPSA) is 92.8 Å². The zero-order chi connectivity index (χ0) is 25.6. The van der Waals surface area contributed by atoms with Crippen LogP contribution in [0, 0.1) is 5.82 Å². The second-order valence-corrected chi connectivity index (χ2v) is 9.77. The predicted molar refractivity (Wildman–Crippen MR) is 139 cm³/mol. The average molecular weight is 516 g/mol. The maximum atomic E-state index is 15.0. The predicted octanol–water partition coefficient (Wildman–Crippen LogP) is 4.37. The zero-order valence-electron chi connectivity index (χ0n) is 20.7. The molecule has 9 nitrogen and oxygen atoms in total. The van der Waals surface area contributed by atoms with E-state index in [1.54, 1.807) is 17.2 Å². The fourth-order valence-electron chi connectivity index (χ4n) is 5.52. The van der Waals surface area contributed by atoms with E-state index in [1.807, 2.05) is 30.3 Å². The smallest absolute Gasteiger partial charge is 0.410 e. The van der Waals surface area contributed by atoms with Crippen LogP contribution in [-0.4, -0.2) is 71.7 Å². The Labute approximate surface area is 218 Å². The van der Waals surface area contributed by atoms with Gasteiger partial charge in [0, 0.05) is 42.6 Å². The third kappa shape index (κ3) is 3.92. The first-order valence-electron chi connectivity index (χ1n) is 12.8. The summed E-state index contributed by atoms with van der Waals surface area (Å²) in [5.74, 6) is 0.410. The lowest BCUT2D eigenvalue weighted by molar-refractivity contribution is 0.107. The van der Waals surface area contributed by atoms with Gasteiger partial charge in [-0.15, -0.1) is 0 Å². The minimum Gasteiger partial charge on any atom is -0.491 e. The van der Waals surface area contributed by atoms with E-state index in [0.717, 1.165) is 39.2 Å². The second kappa shape index (κ2) is 9.29. The van der Waals surface area contributed by atoms with E-state index >= 15 is 4.39 Å². The van der Waals surface area contributed by atoms with Crippen molar-refractivity contribution in [1.29, 1.82) is 0 Å². The number of carbonyl (C=O) groups excluding carboxylic acids is 1. The Morgan fingerprint density at radius 3 is 2.97 bits per heavy atom. The molecule has 3 aliphatic rings. The fraction of sp³-hybridized carbons (Fsp3) is 0.321. The van der Waals surface area contributed by atoms with Crippen LogP contribution in [0.25, 0.3) is 33.4 Å². The molecule has 2 fully saturated rings. The highest BCUT2D eigenvalue weighted by molar-refractivity contribution is 5.95. The quantitative estimate of drug-likeness (QED) is 0.402. The molecule has 2 aromatic heterocycles. The van der Waals surface area contributed by atoms with E-state index in [0.29, 0.717) is 57.1 Å². The minimum atomic E-state index is -0.336. The first-order chi connectivity index (χ1) is 18.7. The average Bonchev–Trinajstić information content (AvgIpc) is 3.53. The third-order valence-corrected chi connectivity index (χ3v) is 7.44. The number of aromatic amines is 1. The van der Waals surface area contributed by atoms with Gasteiger partial charge in [0.1, 0.15) is 23.9 Å². The number of rotatable bonds is 1. The number of nitrogens with one attached hydrogen (secondary N) is 1. The van der Waals surface area contributed by atoms with Crippen molar-refractivity contribution in [2.45, 2.75) is 19.1 Å².